The average Bonchev–Trinajstić information content (AvgIpc) is 2.46. The van der Waals surface area contributed by atoms with Crippen LogP contribution < -0.4 is 0 Å². The van der Waals surface area contributed by atoms with Crippen LogP contribution in [0.15, 0.2) is 36.4 Å². The summed E-state index contributed by atoms with van der Waals surface area (Å²) < 4.78 is 28.8. The minimum atomic E-state index is -2.36. The molecular weight excluding hydrogens is 302 g/mol. The van der Waals surface area contributed by atoms with E-state index in [9.17, 15) is 18.7 Å². The molecule has 0 bridgehead atoms. The first-order valence-electron chi connectivity index (χ1n) is 7.20. The van der Waals surface area contributed by atoms with E-state index in [2.05, 4.69) is 0 Å². The van der Waals surface area contributed by atoms with Gasteiger partial charge in [-0.15, -0.1) is 0 Å². The Morgan fingerprint density at radius 2 is 1.70 bits per heavy atom. The summed E-state index contributed by atoms with van der Waals surface area (Å²) in [7, 11) is 0. The molecule has 5 heteroatoms. The summed E-state index contributed by atoms with van der Waals surface area (Å²) in [5.41, 5.74) is -1.64. The van der Waals surface area contributed by atoms with Crippen molar-refractivity contribution in [1.82, 2.24) is 0 Å². The van der Waals surface area contributed by atoms with E-state index in [1.165, 1.54) is 0 Å². The smallest absolute Gasteiger partial charge is 0.340 e. The minimum absolute atomic E-state index is 0.202. The highest BCUT2D eigenvalue weighted by molar-refractivity contribution is 5.79. The summed E-state index contributed by atoms with van der Waals surface area (Å²) in [6, 6.07) is 8.57. The summed E-state index contributed by atoms with van der Waals surface area (Å²) in [4.78, 5) is 11.0. The van der Waals surface area contributed by atoms with Crippen LogP contribution in [0.25, 0.3) is 11.1 Å². The van der Waals surface area contributed by atoms with Gasteiger partial charge in [0, 0.05) is 5.56 Å². The summed E-state index contributed by atoms with van der Waals surface area (Å²) in [5, 5.41) is 18.8. The third kappa shape index (κ3) is 3.24. The highest BCUT2D eigenvalue weighted by Gasteiger charge is 2.34. The zero-order valence-corrected chi connectivity index (χ0v) is 13.1. The van der Waals surface area contributed by atoms with Crippen LogP contribution in [0.4, 0.5) is 8.78 Å². The Balaban J connectivity index is 2.58. The molecule has 0 amide bonds. The molecule has 23 heavy (non-hydrogen) atoms. The summed E-state index contributed by atoms with van der Waals surface area (Å²) >= 11 is 0. The van der Waals surface area contributed by atoms with Gasteiger partial charge in [0.25, 0.3) is 0 Å². The van der Waals surface area contributed by atoms with E-state index < -0.39 is 23.2 Å². The number of hydrogen-bond acceptors (Lipinski definition) is 2. The molecule has 0 aliphatic carbocycles. The van der Waals surface area contributed by atoms with Crippen LogP contribution in [0.1, 0.15) is 37.8 Å². The summed E-state index contributed by atoms with van der Waals surface area (Å²) in [5.74, 6) is -3.20. The molecule has 1 atom stereocenters. The van der Waals surface area contributed by atoms with E-state index in [-0.39, 0.29) is 17.0 Å². The molecule has 2 aromatic carbocycles. The van der Waals surface area contributed by atoms with Gasteiger partial charge in [-0.05, 0) is 36.1 Å². The highest BCUT2D eigenvalue weighted by atomic mass is 19.1. The van der Waals surface area contributed by atoms with Gasteiger partial charge >= 0.3 is 5.97 Å². The Morgan fingerprint density at radius 1 is 1.13 bits per heavy atom. The second kappa shape index (κ2) is 6.08. The van der Waals surface area contributed by atoms with E-state index in [1.54, 1.807) is 18.2 Å². The Labute approximate surface area is 133 Å². The normalized spacial score (nSPS) is 13.9. The largest absolute Gasteiger partial charge is 0.479 e. The molecule has 2 N–H and O–H groups in total. The number of benzene rings is 2. The van der Waals surface area contributed by atoms with E-state index in [1.807, 2.05) is 19.9 Å². The van der Waals surface area contributed by atoms with Crippen molar-refractivity contribution >= 4 is 5.97 Å². The van der Waals surface area contributed by atoms with Gasteiger partial charge < -0.3 is 10.2 Å². The molecule has 2 aromatic rings. The van der Waals surface area contributed by atoms with Crippen LogP contribution in [0.3, 0.4) is 0 Å². The van der Waals surface area contributed by atoms with Gasteiger partial charge in [0.2, 0.25) is 0 Å². The monoisotopic (exact) mass is 320 g/mol. The van der Waals surface area contributed by atoms with E-state index >= 15 is 0 Å². The van der Waals surface area contributed by atoms with Crippen LogP contribution in [0.2, 0.25) is 0 Å². The molecule has 0 spiro atoms. The number of hydrogen-bond donors (Lipinski definition) is 2. The number of carbonyl (C=O) groups is 1. The van der Waals surface area contributed by atoms with Crippen molar-refractivity contribution < 1.29 is 23.8 Å². The lowest BCUT2D eigenvalue weighted by molar-refractivity contribution is -0.157. The number of aliphatic hydroxyl groups is 1. The first-order valence-corrected chi connectivity index (χ1v) is 7.20. The maximum Gasteiger partial charge on any atom is 0.340 e. The number of carboxylic acids is 1. The third-order valence-electron chi connectivity index (χ3n) is 3.86. The fourth-order valence-electron chi connectivity index (χ4n) is 2.31. The minimum Gasteiger partial charge on any atom is -0.479 e. The van der Waals surface area contributed by atoms with Gasteiger partial charge in [0.15, 0.2) is 5.60 Å². The molecular formula is C18H18F2O3. The molecule has 122 valence electrons. The average molecular weight is 320 g/mol. The summed E-state index contributed by atoms with van der Waals surface area (Å²) in [6.45, 7) is 4.92. The Bertz CT molecular complexity index is 729. The molecule has 0 aliphatic rings. The Kier molecular flexibility index (Phi) is 4.52. The standard InChI is InChI=1S/C18H18F2O3/c1-10(2)11-5-4-6-12(7-11)16-14(19)8-13(9-15(16)20)18(3,23)17(21)22/h4-10,23H,1-3H3,(H,21,22). The van der Waals surface area contributed by atoms with Crippen LogP contribution in [0.5, 0.6) is 0 Å². The number of halogens is 2. The van der Waals surface area contributed by atoms with Crippen molar-refractivity contribution in [2.75, 3.05) is 0 Å². The van der Waals surface area contributed by atoms with Gasteiger partial charge in [-0.25, -0.2) is 13.6 Å². The molecule has 0 heterocycles. The maximum atomic E-state index is 14.4. The maximum absolute atomic E-state index is 14.4. The molecule has 0 aliphatic heterocycles. The van der Waals surface area contributed by atoms with E-state index in [0.29, 0.717) is 5.56 Å². The van der Waals surface area contributed by atoms with Gasteiger partial charge in [-0.1, -0.05) is 38.1 Å². The molecule has 1 unspecified atom stereocenters. The number of carboxylic acid groups (broad SMARTS) is 1. The SMILES string of the molecule is CC(C)c1cccc(-c2c(F)cc(C(C)(O)C(=O)O)cc2F)c1. The zero-order chi connectivity index (χ0) is 17.4. The number of rotatable bonds is 4. The second-order valence-electron chi connectivity index (χ2n) is 5.97. The fourth-order valence-corrected chi connectivity index (χ4v) is 2.31. The zero-order valence-electron chi connectivity index (χ0n) is 13.1. The molecule has 2 rings (SSSR count). The van der Waals surface area contributed by atoms with Crippen LogP contribution in [-0.4, -0.2) is 16.2 Å². The lowest BCUT2D eigenvalue weighted by atomic mass is 9.92. The quantitative estimate of drug-likeness (QED) is 0.893. The van der Waals surface area contributed by atoms with Gasteiger partial charge in [0.05, 0.1) is 5.56 Å². The second-order valence-corrected chi connectivity index (χ2v) is 5.97. The van der Waals surface area contributed by atoms with Crippen LogP contribution in [0, 0.1) is 11.6 Å². The molecule has 3 nitrogen and oxygen atoms in total. The number of aliphatic carboxylic acids is 1. The third-order valence-corrected chi connectivity index (χ3v) is 3.86. The van der Waals surface area contributed by atoms with Gasteiger partial charge in [0.1, 0.15) is 11.6 Å². The summed E-state index contributed by atoms with van der Waals surface area (Å²) in [6.07, 6.45) is 0. The first kappa shape index (κ1) is 17.1. The molecule has 0 aromatic heterocycles. The lowest BCUT2D eigenvalue weighted by Gasteiger charge is -2.19. The van der Waals surface area contributed by atoms with Crippen molar-refractivity contribution in [3.8, 4) is 11.1 Å². The molecule has 0 saturated carbocycles. The highest BCUT2D eigenvalue weighted by Crippen LogP contribution is 2.32. The van der Waals surface area contributed by atoms with Crippen LogP contribution >= 0.6 is 0 Å². The van der Waals surface area contributed by atoms with Gasteiger partial charge in [-0.3, -0.25) is 0 Å². The van der Waals surface area contributed by atoms with E-state index in [4.69, 9.17) is 5.11 Å². The Morgan fingerprint density at radius 3 is 2.17 bits per heavy atom. The van der Waals surface area contributed by atoms with Crippen molar-refractivity contribution in [3.05, 3.63) is 59.2 Å². The first-order chi connectivity index (χ1) is 10.6. The molecule has 0 saturated heterocycles. The fraction of sp³-hybridized carbons (Fsp3) is 0.278. The predicted octanol–water partition coefficient (Wildman–Crippen LogP) is 4.05. The molecule has 0 fully saturated rings. The van der Waals surface area contributed by atoms with Gasteiger partial charge in [-0.2, -0.15) is 0 Å². The predicted molar refractivity (Wildman–Crippen MR) is 83.1 cm³/mol. The molecule has 0 radical (unpaired) electrons. The Hall–Kier alpha value is -2.27. The van der Waals surface area contributed by atoms with Crippen molar-refractivity contribution in [1.29, 1.82) is 0 Å². The van der Waals surface area contributed by atoms with Crippen molar-refractivity contribution in [3.63, 3.8) is 0 Å². The van der Waals surface area contributed by atoms with Crippen LogP contribution in [-0.2, 0) is 10.4 Å². The van der Waals surface area contributed by atoms with Crippen molar-refractivity contribution in [2.24, 2.45) is 0 Å². The van der Waals surface area contributed by atoms with Crippen molar-refractivity contribution in [2.45, 2.75) is 32.3 Å². The lowest BCUT2D eigenvalue weighted by Crippen LogP contribution is -2.32. The topological polar surface area (TPSA) is 57.5 Å². The van der Waals surface area contributed by atoms with E-state index in [0.717, 1.165) is 24.6 Å².